The minimum Gasteiger partial charge on any atom is -0.353 e. The number of nitrogens with zero attached hydrogens (tertiary/aromatic N) is 2. The second-order valence-corrected chi connectivity index (χ2v) is 6.28. The minimum atomic E-state index is -0.955. The molecule has 0 unspecified atom stereocenters. The van der Waals surface area contributed by atoms with Crippen LogP contribution < -0.4 is 10.6 Å². The molecule has 25 heavy (non-hydrogen) atoms. The fraction of sp³-hybridized carbons (Fsp3) is 0.0625. The highest BCUT2D eigenvalue weighted by atomic mass is 79.9. The van der Waals surface area contributed by atoms with Crippen molar-refractivity contribution in [2.24, 2.45) is 0 Å². The maximum Gasteiger partial charge on any atom is 0.246 e. The van der Waals surface area contributed by atoms with Gasteiger partial charge in [0.05, 0.1) is 6.54 Å². The largest absolute Gasteiger partial charge is 0.353 e. The Labute approximate surface area is 155 Å². The molecule has 0 aliphatic carbocycles. The van der Waals surface area contributed by atoms with Crippen LogP contribution in [0.1, 0.15) is 5.89 Å². The van der Waals surface area contributed by atoms with Gasteiger partial charge in [-0.25, -0.2) is 8.78 Å². The summed E-state index contributed by atoms with van der Waals surface area (Å²) >= 11 is 8.48. The van der Waals surface area contributed by atoms with E-state index in [0.29, 0.717) is 17.4 Å². The van der Waals surface area contributed by atoms with Gasteiger partial charge >= 0.3 is 0 Å². The molecule has 0 bridgehead atoms. The van der Waals surface area contributed by atoms with Crippen LogP contribution in [0.25, 0.3) is 11.4 Å². The van der Waals surface area contributed by atoms with E-state index in [1.165, 1.54) is 6.07 Å². The molecule has 0 spiro atoms. The first-order chi connectivity index (χ1) is 12.0. The number of halogens is 3. The maximum atomic E-state index is 13.2. The van der Waals surface area contributed by atoms with Crippen LogP contribution in [0.2, 0.25) is 0 Å². The summed E-state index contributed by atoms with van der Waals surface area (Å²) in [7, 11) is 0. The summed E-state index contributed by atoms with van der Waals surface area (Å²) in [6.45, 7) is 0.191. The molecule has 1 aromatic heterocycles. The number of hydrogen-bond acceptors (Lipinski definition) is 4. The number of hydrogen-bond donors (Lipinski definition) is 2. The third kappa shape index (κ3) is 4.58. The Morgan fingerprint density at radius 3 is 2.76 bits per heavy atom. The van der Waals surface area contributed by atoms with E-state index in [0.717, 1.165) is 22.2 Å². The van der Waals surface area contributed by atoms with E-state index >= 15 is 0 Å². The Bertz CT molecular complexity index is 919. The van der Waals surface area contributed by atoms with Crippen molar-refractivity contribution in [2.75, 3.05) is 5.32 Å². The van der Waals surface area contributed by atoms with E-state index < -0.39 is 11.6 Å². The smallest absolute Gasteiger partial charge is 0.246 e. The molecule has 9 heteroatoms. The van der Waals surface area contributed by atoms with Crippen LogP contribution in [-0.2, 0) is 6.54 Å². The molecule has 5 nitrogen and oxygen atoms in total. The zero-order chi connectivity index (χ0) is 17.8. The number of rotatable bonds is 4. The lowest BCUT2D eigenvalue weighted by atomic mass is 10.2. The molecular formula is C16H11BrF2N4OS. The van der Waals surface area contributed by atoms with Crippen molar-refractivity contribution in [3.05, 3.63) is 64.5 Å². The summed E-state index contributed by atoms with van der Waals surface area (Å²) in [6.07, 6.45) is 0. The fourth-order valence-electron chi connectivity index (χ4n) is 1.98. The third-order valence-corrected chi connectivity index (χ3v) is 3.87. The topological polar surface area (TPSA) is 63.0 Å². The van der Waals surface area contributed by atoms with Crippen molar-refractivity contribution >= 4 is 38.9 Å². The zero-order valence-electron chi connectivity index (χ0n) is 12.6. The molecule has 1 heterocycles. The standard InChI is InChI=1S/C16H11BrF2N4OS/c17-10-3-1-2-9(6-10)15-22-14(24-23-15)8-20-16(25)21-11-4-5-12(18)13(19)7-11/h1-7H,8H2,(H2,20,21,25). The molecule has 0 amide bonds. The Kier molecular flexibility index (Phi) is 5.34. The van der Waals surface area contributed by atoms with Crippen molar-refractivity contribution in [1.82, 2.24) is 15.5 Å². The summed E-state index contributed by atoms with van der Waals surface area (Å²) in [5.41, 5.74) is 1.14. The molecule has 0 saturated carbocycles. The van der Waals surface area contributed by atoms with E-state index in [4.69, 9.17) is 16.7 Å². The van der Waals surface area contributed by atoms with Crippen LogP contribution in [0.15, 0.2) is 51.5 Å². The van der Waals surface area contributed by atoms with Gasteiger partial charge in [0.2, 0.25) is 11.7 Å². The molecule has 2 aromatic carbocycles. The molecular weight excluding hydrogens is 414 g/mol. The molecule has 0 aliphatic rings. The highest BCUT2D eigenvalue weighted by Gasteiger charge is 2.10. The summed E-state index contributed by atoms with van der Waals surface area (Å²) < 4.78 is 32.1. The van der Waals surface area contributed by atoms with Crippen LogP contribution in [0.4, 0.5) is 14.5 Å². The van der Waals surface area contributed by atoms with Gasteiger partial charge in [-0.05, 0) is 36.5 Å². The molecule has 0 aliphatic heterocycles. The van der Waals surface area contributed by atoms with Gasteiger partial charge in [0.1, 0.15) is 0 Å². The number of thiocarbonyl (C=S) groups is 1. The lowest BCUT2D eigenvalue weighted by molar-refractivity contribution is 0.376. The summed E-state index contributed by atoms with van der Waals surface area (Å²) in [5, 5.41) is 9.72. The van der Waals surface area contributed by atoms with Crippen LogP contribution in [0, 0.1) is 11.6 Å². The van der Waals surface area contributed by atoms with Crippen molar-refractivity contribution in [3.63, 3.8) is 0 Å². The van der Waals surface area contributed by atoms with Crippen molar-refractivity contribution < 1.29 is 13.3 Å². The third-order valence-electron chi connectivity index (χ3n) is 3.13. The van der Waals surface area contributed by atoms with E-state index in [9.17, 15) is 8.78 Å². The molecule has 0 fully saturated rings. The van der Waals surface area contributed by atoms with Crippen molar-refractivity contribution in [2.45, 2.75) is 6.54 Å². The van der Waals surface area contributed by atoms with Crippen LogP contribution in [0.5, 0.6) is 0 Å². The SMILES string of the molecule is Fc1ccc(NC(=S)NCc2nc(-c3cccc(Br)c3)no2)cc1F. The van der Waals surface area contributed by atoms with Crippen LogP contribution in [-0.4, -0.2) is 15.3 Å². The summed E-state index contributed by atoms with van der Waals surface area (Å²) in [5.74, 6) is -1.08. The quantitative estimate of drug-likeness (QED) is 0.609. The number of aromatic nitrogens is 2. The molecule has 2 N–H and O–H groups in total. The first-order valence-corrected chi connectivity index (χ1v) is 8.30. The Morgan fingerprint density at radius 2 is 2.00 bits per heavy atom. The van der Waals surface area contributed by atoms with Gasteiger partial charge in [-0.3, -0.25) is 0 Å². The second kappa shape index (κ2) is 7.66. The van der Waals surface area contributed by atoms with E-state index in [1.807, 2.05) is 24.3 Å². The Balaban J connectivity index is 1.58. The van der Waals surface area contributed by atoms with Gasteiger partial charge in [-0.15, -0.1) is 0 Å². The Morgan fingerprint density at radius 1 is 1.16 bits per heavy atom. The lowest BCUT2D eigenvalue weighted by Crippen LogP contribution is -2.28. The predicted molar refractivity (Wildman–Crippen MR) is 96.9 cm³/mol. The van der Waals surface area contributed by atoms with Gasteiger partial charge in [-0.1, -0.05) is 33.2 Å². The minimum absolute atomic E-state index is 0.191. The highest BCUT2D eigenvalue weighted by Crippen LogP contribution is 2.20. The first kappa shape index (κ1) is 17.4. The van der Waals surface area contributed by atoms with E-state index in [1.54, 1.807) is 0 Å². The molecule has 0 atom stereocenters. The maximum absolute atomic E-state index is 13.2. The Hall–Kier alpha value is -2.39. The lowest BCUT2D eigenvalue weighted by Gasteiger charge is -2.08. The molecule has 0 saturated heterocycles. The van der Waals surface area contributed by atoms with Crippen molar-refractivity contribution in [1.29, 1.82) is 0 Å². The van der Waals surface area contributed by atoms with Gasteiger partial charge in [0.25, 0.3) is 0 Å². The highest BCUT2D eigenvalue weighted by molar-refractivity contribution is 9.10. The summed E-state index contributed by atoms with van der Waals surface area (Å²) in [4.78, 5) is 4.27. The monoisotopic (exact) mass is 424 g/mol. The van der Waals surface area contributed by atoms with E-state index in [2.05, 4.69) is 36.7 Å². The molecule has 3 aromatic rings. The molecule has 0 radical (unpaired) electrons. The predicted octanol–water partition coefficient (Wildman–Crippen LogP) is 4.26. The second-order valence-electron chi connectivity index (χ2n) is 4.96. The normalized spacial score (nSPS) is 10.5. The molecule has 128 valence electrons. The molecule has 3 rings (SSSR count). The number of nitrogens with one attached hydrogen (secondary N) is 2. The summed E-state index contributed by atoms with van der Waals surface area (Å²) in [6, 6.07) is 10.9. The zero-order valence-corrected chi connectivity index (χ0v) is 15.0. The number of anilines is 1. The van der Waals surface area contributed by atoms with Gasteiger partial charge < -0.3 is 15.2 Å². The number of benzene rings is 2. The van der Waals surface area contributed by atoms with E-state index in [-0.39, 0.29) is 11.7 Å². The fourth-order valence-corrected chi connectivity index (χ4v) is 2.57. The van der Waals surface area contributed by atoms with Gasteiger partial charge in [0.15, 0.2) is 16.7 Å². The average molecular weight is 425 g/mol. The van der Waals surface area contributed by atoms with Gasteiger partial charge in [-0.2, -0.15) is 4.98 Å². The van der Waals surface area contributed by atoms with Crippen LogP contribution >= 0.6 is 28.1 Å². The van der Waals surface area contributed by atoms with Crippen molar-refractivity contribution in [3.8, 4) is 11.4 Å². The average Bonchev–Trinajstić information content (AvgIpc) is 3.05. The van der Waals surface area contributed by atoms with Gasteiger partial charge in [0, 0.05) is 21.8 Å². The van der Waals surface area contributed by atoms with Crippen LogP contribution in [0.3, 0.4) is 0 Å². The first-order valence-electron chi connectivity index (χ1n) is 7.10.